The van der Waals surface area contributed by atoms with Crippen molar-refractivity contribution < 1.29 is 47.9 Å². The van der Waals surface area contributed by atoms with E-state index >= 15 is 0 Å². The number of fused-ring (bicyclic) bond motifs is 20. The number of ether oxygens (including phenoxy) is 7. The monoisotopic (exact) mass is 2020 g/mol. The van der Waals surface area contributed by atoms with Crippen LogP contribution in [0.5, 0.6) is 34.5 Å². The predicted molar refractivity (Wildman–Crippen MR) is 589 cm³/mol. The summed E-state index contributed by atoms with van der Waals surface area (Å²) in [6.07, 6.45) is 3.29. The highest BCUT2D eigenvalue weighted by Crippen LogP contribution is 2.64. The van der Waals surface area contributed by atoms with Gasteiger partial charge in [0.25, 0.3) is 6.47 Å². The minimum Gasteiger partial charge on any atom is -0.485 e. The Morgan fingerprint density at radius 3 is 1.03 bits per heavy atom. The summed E-state index contributed by atoms with van der Waals surface area (Å²) in [7, 11) is 0. The van der Waals surface area contributed by atoms with Crippen LogP contribution in [0.2, 0.25) is 0 Å². The zero-order valence-electron chi connectivity index (χ0n) is 77.8. The third-order valence-electron chi connectivity index (χ3n) is 28.7. The van der Waals surface area contributed by atoms with Crippen molar-refractivity contribution in [1.29, 1.82) is 5.26 Å². The largest absolute Gasteiger partial charge is 0.485 e. The molecule has 10 aromatic heterocycles. The van der Waals surface area contributed by atoms with Crippen molar-refractivity contribution >= 4 is 210 Å². The van der Waals surface area contributed by atoms with Gasteiger partial charge >= 0.3 is 5.97 Å². The van der Waals surface area contributed by atoms with Crippen LogP contribution in [0, 0.1) is 11.3 Å². The number of anilines is 6. The second kappa shape index (κ2) is 33.4. The fourth-order valence-electron chi connectivity index (χ4n) is 21.8. The molecular weight excluding hydrogens is 1940 g/mol. The van der Waals surface area contributed by atoms with Crippen LogP contribution in [0.4, 0.5) is 34.1 Å². The maximum absolute atomic E-state index is 11.7. The van der Waals surface area contributed by atoms with Crippen molar-refractivity contribution in [1.82, 2.24) is 0 Å². The standard InChI is InChI=1S/C60H43NO4S6.C58H42N2O6S4/c1-32(65-31-62)24-37-27-50-57(66-37)58-52(69-50)30-49(70-58)47-28-46-48(67-47)29-51(68-46)56-54-53(63-22-23-64-54)55(71-56)33-14-16-34(17-15-33)61(35-18-20-40-38-10-6-8-12-42(38)59(2,3)44(40)25-35)36-19-21-41-39-11-7-9-13-43(39)60(4,5)45(41)26-36;1-57(2)40-11-7-5-9-36(40)38-19-17-34(26-42(38)57)60(35-18-20-39-37-10-6-8-12-41(37)58(3,4)43(39)27-35)33-15-13-31(14-16-33)53-51-52(66-24-23-65-51)55(70-53)48-29-45-44(68-48)28-47(67-45)54-50-49(63-21-22-64-50)46(69-54)25-32(30-59)56(61)62/h6-21,24-31H,22-23H2,1-5H3;5-20,25-29H,21-24H2,1-4H3,(H,61,62)/b32-24-;32-25-. The van der Waals surface area contributed by atoms with Crippen LogP contribution in [0.15, 0.2) is 266 Å². The molecule has 0 radical (unpaired) electrons. The lowest BCUT2D eigenvalue weighted by atomic mass is 9.82. The van der Waals surface area contributed by atoms with Crippen LogP contribution >= 0.6 is 113 Å². The molecule has 0 saturated carbocycles. The number of hydrogen-bond donors (Lipinski definition) is 1. The summed E-state index contributed by atoms with van der Waals surface area (Å²) in [4.78, 5) is 40.0. The van der Waals surface area contributed by atoms with Gasteiger partial charge in [0.15, 0.2) is 34.5 Å². The topological polar surface area (TPSA) is 149 Å². The molecule has 0 bridgehead atoms. The molecule has 7 aliphatic rings. The number of nitriles is 1. The first-order valence-corrected chi connectivity index (χ1v) is 54.9. The van der Waals surface area contributed by atoms with Gasteiger partial charge in [0.2, 0.25) is 0 Å². The zero-order chi connectivity index (χ0) is 95.5. The Balaban J connectivity index is 0.000000145. The van der Waals surface area contributed by atoms with Crippen LogP contribution in [0.25, 0.3) is 154 Å². The Bertz CT molecular complexity index is 8520. The Kier molecular flexibility index (Phi) is 20.8. The van der Waals surface area contributed by atoms with Gasteiger partial charge in [-0.05, 0) is 228 Å². The van der Waals surface area contributed by atoms with Crippen LogP contribution in [-0.2, 0) is 36.0 Å². The van der Waals surface area contributed by atoms with Crippen molar-refractivity contribution in [2.45, 2.75) is 84.0 Å². The number of hydrogen-bond acceptors (Lipinski definition) is 22. The first kappa shape index (κ1) is 87.8. The summed E-state index contributed by atoms with van der Waals surface area (Å²) in [5.41, 5.74) is 29.2. The van der Waals surface area contributed by atoms with Crippen molar-refractivity contribution in [2.24, 2.45) is 0 Å². The van der Waals surface area contributed by atoms with Crippen molar-refractivity contribution in [3.8, 4) is 145 Å². The van der Waals surface area contributed by atoms with Gasteiger partial charge in [0.05, 0.1) is 53.3 Å². The normalized spacial score (nSPS) is 15.3. The van der Waals surface area contributed by atoms with E-state index in [-0.39, 0.29) is 27.2 Å². The zero-order valence-corrected chi connectivity index (χ0v) is 85.9. The van der Waals surface area contributed by atoms with Gasteiger partial charge in [-0.25, -0.2) is 4.79 Å². The van der Waals surface area contributed by atoms with Crippen molar-refractivity contribution in [2.75, 3.05) is 49.4 Å². The number of carbonyl (C=O) groups is 2. The molecule has 692 valence electrons. The number of carboxylic acid groups (broad SMARTS) is 1. The molecule has 141 heavy (non-hydrogen) atoms. The average Bonchev–Trinajstić information content (AvgIpc) is 1.58. The number of allylic oxidation sites excluding steroid dienone is 1. The lowest BCUT2D eigenvalue weighted by Crippen LogP contribution is -2.18. The van der Waals surface area contributed by atoms with Crippen LogP contribution in [0.3, 0.4) is 0 Å². The Morgan fingerprint density at radius 2 is 0.645 bits per heavy atom. The molecule has 3 aliphatic heterocycles. The lowest BCUT2D eigenvalue weighted by molar-refractivity contribution is -0.132. The third kappa shape index (κ3) is 14.1. The molecule has 13 nitrogen and oxygen atoms in total. The van der Waals surface area contributed by atoms with E-state index in [0.717, 1.165) is 117 Å². The Hall–Kier alpha value is -13.5. The molecule has 0 fully saturated rings. The fraction of sp³-hybridized carbons (Fsp3) is 0.161. The number of thiophene rings is 10. The molecule has 23 heteroatoms. The van der Waals surface area contributed by atoms with E-state index in [9.17, 15) is 20.0 Å². The quantitative estimate of drug-likeness (QED) is 0.0399. The summed E-state index contributed by atoms with van der Waals surface area (Å²) < 4.78 is 52.8. The van der Waals surface area contributed by atoms with Crippen molar-refractivity contribution in [3.63, 3.8) is 0 Å². The van der Waals surface area contributed by atoms with E-state index < -0.39 is 5.97 Å². The van der Waals surface area contributed by atoms with Gasteiger partial charge in [0.1, 0.15) is 57.0 Å². The maximum Gasteiger partial charge on any atom is 0.346 e. The van der Waals surface area contributed by atoms with E-state index in [1.165, 1.54) is 149 Å². The van der Waals surface area contributed by atoms with E-state index in [1.54, 1.807) is 69.7 Å². The van der Waals surface area contributed by atoms with Gasteiger partial charge in [-0.15, -0.1) is 113 Å². The molecule has 0 unspecified atom stereocenters. The highest BCUT2D eigenvalue weighted by atomic mass is 32.1. The molecule has 20 aromatic rings. The van der Waals surface area contributed by atoms with Crippen LogP contribution in [-0.4, -0.2) is 57.2 Å². The van der Waals surface area contributed by atoms with Gasteiger partial charge < -0.3 is 48.1 Å². The SMILES string of the molecule is C/C(=C/c1cc2sc3cc(-c4cc5sc(-c6sc(-c7ccc(N(c8ccc9c(c8)C(C)(C)c8ccccc8-9)c8ccc9c(c8)C(C)(C)c8ccccc8-9)cc7)c7c6OCCO7)cc5s4)sc3c2s1)OC=O.CC1(C)c2ccccc2-c2ccc(N(c3ccc(-c4sc(-c5cc6sc(-c7sc(/C=C(/C#N)C(=O)O)c8c7OCCO8)cc6s5)c5c4OCCO5)cc3)c3ccc4c(c3)C(C)(C)c3ccccc3-4)cc21. The molecule has 1 N–H and O–H groups in total. The number of carbonyl (C=O) groups excluding carboxylic acids is 1. The second-order valence-corrected chi connectivity index (χ2v) is 49.0. The maximum atomic E-state index is 11.7. The van der Waals surface area contributed by atoms with Gasteiger partial charge in [-0.3, -0.25) is 4.79 Å². The number of benzene rings is 10. The third-order valence-corrected chi connectivity index (χ3v) is 41.2. The van der Waals surface area contributed by atoms with Gasteiger partial charge in [-0.2, -0.15) is 5.26 Å². The molecular formula is C118H85N3O10S10. The molecule has 10 aromatic carbocycles. The van der Waals surface area contributed by atoms with Gasteiger partial charge in [0, 0.05) is 98.6 Å². The number of carboxylic acids is 1. The van der Waals surface area contributed by atoms with E-state index in [4.69, 9.17) is 33.2 Å². The fourth-order valence-corrected chi connectivity index (χ4v) is 34.5. The second-order valence-electron chi connectivity index (χ2n) is 38.3. The minimum atomic E-state index is -1.28. The first-order chi connectivity index (χ1) is 68.5. The Morgan fingerprint density at radius 1 is 0.333 bits per heavy atom. The predicted octanol–water partition coefficient (Wildman–Crippen LogP) is 34.6. The minimum absolute atomic E-state index is 0.130. The number of rotatable bonds is 17. The van der Waals surface area contributed by atoms with Crippen LogP contribution < -0.4 is 38.2 Å². The first-order valence-electron chi connectivity index (χ1n) is 46.7. The van der Waals surface area contributed by atoms with E-state index in [2.05, 4.69) is 320 Å². The van der Waals surface area contributed by atoms with Crippen LogP contribution in [0.1, 0.15) is 117 Å². The van der Waals surface area contributed by atoms with E-state index in [1.807, 2.05) is 51.4 Å². The molecule has 0 spiro atoms. The number of aliphatic carboxylic acids is 1. The molecule has 0 saturated heterocycles. The summed E-state index contributed by atoms with van der Waals surface area (Å²) in [6, 6.07) is 96.8. The van der Waals surface area contributed by atoms with E-state index in [0.29, 0.717) is 68.2 Å². The number of nitrogens with zero attached hydrogens (tertiary/aromatic N) is 3. The Labute approximate surface area is 853 Å². The summed E-state index contributed by atoms with van der Waals surface area (Å²) >= 11 is 17.3. The van der Waals surface area contributed by atoms with Gasteiger partial charge in [-0.1, -0.05) is 201 Å². The smallest absolute Gasteiger partial charge is 0.346 e. The average molecular weight is 2030 g/mol. The molecule has 0 amide bonds. The summed E-state index contributed by atoms with van der Waals surface area (Å²) in [5, 5.41) is 19.0. The lowest BCUT2D eigenvalue weighted by Gasteiger charge is -2.30. The summed E-state index contributed by atoms with van der Waals surface area (Å²) in [6.45, 7) is 23.8. The highest BCUT2D eigenvalue weighted by molar-refractivity contribution is 7.41. The highest BCUT2D eigenvalue weighted by Gasteiger charge is 2.43. The molecule has 0 atom stereocenters. The van der Waals surface area contributed by atoms with Crippen molar-refractivity contribution in [3.05, 3.63) is 320 Å². The summed E-state index contributed by atoms with van der Waals surface area (Å²) in [5.74, 6) is 3.60. The molecule has 4 aliphatic carbocycles. The molecule has 13 heterocycles. The molecule has 27 rings (SSSR count).